The summed E-state index contributed by atoms with van der Waals surface area (Å²) in [6, 6.07) is 5.87. The highest BCUT2D eigenvalue weighted by Gasteiger charge is 2.08. The van der Waals surface area contributed by atoms with Crippen molar-refractivity contribution in [2.45, 2.75) is 6.54 Å². The Kier molecular flexibility index (Phi) is 2.36. The predicted octanol–water partition coefficient (Wildman–Crippen LogP) is 1.15. The van der Waals surface area contributed by atoms with E-state index in [0.717, 1.165) is 5.82 Å². The molecule has 0 unspecified atom stereocenters. The van der Waals surface area contributed by atoms with Crippen LogP contribution in [-0.2, 0) is 13.6 Å². The number of aromatic nitrogens is 4. The molecule has 0 atom stereocenters. The maximum atomic E-state index is 5.81. The number of nitrogen functional groups attached to an aromatic ring is 1. The normalized spacial score (nSPS) is 10.9. The predicted molar refractivity (Wildman–Crippen MR) is 66.8 cm³/mol. The van der Waals surface area contributed by atoms with Crippen molar-refractivity contribution in [2.24, 2.45) is 7.05 Å². The van der Waals surface area contributed by atoms with Crippen molar-refractivity contribution in [2.75, 3.05) is 11.1 Å². The van der Waals surface area contributed by atoms with Gasteiger partial charge in [0, 0.05) is 7.05 Å². The number of para-hydroxylation sites is 1. The van der Waals surface area contributed by atoms with E-state index in [1.54, 1.807) is 12.4 Å². The second kappa shape index (κ2) is 4.02. The smallest absolute Gasteiger partial charge is 0.296 e. The van der Waals surface area contributed by atoms with Gasteiger partial charge in [0.25, 0.3) is 6.01 Å². The number of aryl methyl sites for hydroxylation is 1. The Hall–Kier alpha value is -2.57. The van der Waals surface area contributed by atoms with E-state index < -0.39 is 0 Å². The largest absolute Gasteiger partial charge is 0.423 e. The standard InChI is InChI=1S/C11H12N6O/c1-17-6-14-16-9(17)5-13-11-15-10-7(12)3-2-4-8(10)18-11/h2-4,6H,5,12H2,1H3,(H,13,15). The zero-order valence-corrected chi connectivity index (χ0v) is 9.79. The van der Waals surface area contributed by atoms with E-state index in [0.29, 0.717) is 29.3 Å². The molecule has 0 bridgehead atoms. The van der Waals surface area contributed by atoms with Gasteiger partial charge in [-0.05, 0) is 12.1 Å². The molecule has 2 aromatic heterocycles. The Morgan fingerprint density at radius 1 is 1.44 bits per heavy atom. The van der Waals surface area contributed by atoms with E-state index in [1.807, 2.05) is 23.7 Å². The van der Waals surface area contributed by atoms with Crippen LogP contribution in [0.3, 0.4) is 0 Å². The first-order valence-corrected chi connectivity index (χ1v) is 5.46. The average Bonchev–Trinajstić information content (AvgIpc) is 2.93. The van der Waals surface area contributed by atoms with Gasteiger partial charge in [0.15, 0.2) is 11.4 Å². The van der Waals surface area contributed by atoms with Crippen LogP contribution in [0.1, 0.15) is 5.82 Å². The van der Waals surface area contributed by atoms with Crippen LogP contribution in [0, 0.1) is 0 Å². The molecule has 0 amide bonds. The number of fused-ring (bicyclic) bond motifs is 1. The van der Waals surface area contributed by atoms with E-state index in [-0.39, 0.29) is 0 Å². The van der Waals surface area contributed by atoms with Crippen molar-refractivity contribution in [1.29, 1.82) is 0 Å². The lowest BCUT2D eigenvalue weighted by molar-refractivity contribution is 0.611. The third kappa shape index (κ3) is 1.75. The van der Waals surface area contributed by atoms with Gasteiger partial charge in [0.1, 0.15) is 11.8 Å². The van der Waals surface area contributed by atoms with Crippen molar-refractivity contribution in [1.82, 2.24) is 19.7 Å². The molecular weight excluding hydrogens is 232 g/mol. The highest BCUT2D eigenvalue weighted by molar-refractivity contribution is 5.86. The minimum Gasteiger partial charge on any atom is -0.423 e. The van der Waals surface area contributed by atoms with Gasteiger partial charge >= 0.3 is 0 Å². The molecule has 7 heteroatoms. The summed E-state index contributed by atoms with van der Waals surface area (Å²) in [5, 5.41) is 10.8. The summed E-state index contributed by atoms with van der Waals surface area (Å²) in [7, 11) is 1.88. The number of nitrogens with one attached hydrogen (secondary N) is 1. The van der Waals surface area contributed by atoms with Crippen LogP contribution < -0.4 is 11.1 Å². The first kappa shape index (κ1) is 10.6. The van der Waals surface area contributed by atoms with Crippen LogP contribution in [-0.4, -0.2) is 19.7 Å². The van der Waals surface area contributed by atoms with E-state index in [1.165, 1.54) is 0 Å². The van der Waals surface area contributed by atoms with E-state index in [2.05, 4.69) is 20.5 Å². The Morgan fingerprint density at radius 3 is 3.06 bits per heavy atom. The molecule has 7 nitrogen and oxygen atoms in total. The van der Waals surface area contributed by atoms with Crippen molar-refractivity contribution < 1.29 is 4.42 Å². The Balaban J connectivity index is 1.83. The summed E-state index contributed by atoms with van der Waals surface area (Å²) in [5.74, 6) is 0.797. The van der Waals surface area contributed by atoms with Crippen LogP contribution in [0.2, 0.25) is 0 Å². The van der Waals surface area contributed by atoms with E-state index in [4.69, 9.17) is 10.2 Å². The first-order chi connectivity index (χ1) is 8.74. The van der Waals surface area contributed by atoms with E-state index in [9.17, 15) is 0 Å². The van der Waals surface area contributed by atoms with Crippen LogP contribution in [0.5, 0.6) is 0 Å². The fourth-order valence-electron chi connectivity index (χ4n) is 1.67. The van der Waals surface area contributed by atoms with Crippen LogP contribution >= 0.6 is 0 Å². The highest BCUT2D eigenvalue weighted by Crippen LogP contribution is 2.23. The number of anilines is 2. The maximum absolute atomic E-state index is 5.81. The van der Waals surface area contributed by atoms with Crippen LogP contribution in [0.15, 0.2) is 28.9 Å². The summed E-state index contributed by atoms with van der Waals surface area (Å²) in [5.41, 5.74) is 7.73. The molecule has 3 N–H and O–H groups in total. The molecule has 0 radical (unpaired) electrons. The molecule has 3 aromatic rings. The zero-order chi connectivity index (χ0) is 12.5. The zero-order valence-electron chi connectivity index (χ0n) is 9.79. The van der Waals surface area contributed by atoms with Gasteiger partial charge in [0.2, 0.25) is 0 Å². The molecule has 0 aliphatic carbocycles. The quantitative estimate of drug-likeness (QED) is 0.671. The number of nitrogens with zero attached hydrogens (tertiary/aromatic N) is 4. The summed E-state index contributed by atoms with van der Waals surface area (Å²) in [6.07, 6.45) is 1.64. The number of hydrogen-bond donors (Lipinski definition) is 2. The van der Waals surface area contributed by atoms with Gasteiger partial charge in [-0.2, -0.15) is 4.98 Å². The number of rotatable bonds is 3. The molecule has 0 saturated heterocycles. The number of hydrogen-bond acceptors (Lipinski definition) is 6. The minimum absolute atomic E-state index is 0.422. The van der Waals surface area contributed by atoms with Crippen LogP contribution in [0.4, 0.5) is 11.7 Å². The SMILES string of the molecule is Cn1cnnc1CNc1nc2c(N)cccc2o1. The van der Waals surface area contributed by atoms with Crippen molar-refractivity contribution in [3.63, 3.8) is 0 Å². The van der Waals surface area contributed by atoms with Gasteiger partial charge in [-0.1, -0.05) is 6.07 Å². The lowest BCUT2D eigenvalue weighted by atomic mass is 10.3. The topological polar surface area (TPSA) is 94.8 Å². The molecule has 0 fully saturated rings. The van der Waals surface area contributed by atoms with Gasteiger partial charge < -0.3 is 20.0 Å². The highest BCUT2D eigenvalue weighted by atomic mass is 16.4. The van der Waals surface area contributed by atoms with Crippen LogP contribution in [0.25, 0.3) is 11.1 Å². The maximum Gasteiger partial charge on any atom is 0.296 e. The lowest BCUT2D eigenvalue weighted by Crippen LogP contribution is -2.05. The third-order valence-corrected chi connectivity index (χ3v) is 2.65. The van der Waals surface area contributed by atoms with Gasteiger partial charge in [-0.15, -0.1) is 10.2 Å². The summed E-state index contributed by atoms with van der Waals surface area (Å²) in [6.45, 7) is 0.489. The second-order valence-corrected chi connectivity index (χ2v) is 3.92. The fraction of sp³-hybridized carbons (Fsp3) is 0.182. The summed E-state index contributed by atoms with van der Waals surface area (Å²) in [4.78, 5) is 4.28. The summed E-state index contributed by atoms with van der Waals surface area (Å²) >= 11 is 0. The second-order valence-electron chi connectivity index (χ2n) is 3.92. The molecule has 92 valence electrons. The molecule has 0 aliphatic heterocycles. The van der Waals surface area contributed by atoms with E-state index >= 15 is 0 Å². The minimum atomic E-state index is 0.422. The Morgan fingerprint density at radius 2 is 2.33 bits per heavy atom. The molecular formula is C11H12N6O. The molecule has 3 rings (SSSR count). The number of benzene rings is 1. The summed E-state index contributed by atoms with van der Waals surface area (Å²) < 4.78 is 7.35. The molecule has 0 saturated carbocycles. The van der Waals surface area contributed by atoms with Gasteiger partial charge in [-0.25, -0.2) is 0 Å². The number of nitrogens with two attached hydrogens (primary N) is 1. The molecule has 2 heterocycles. The van der Waals surface area contributed by atoms with Gasteiger partial charge in [0.05, 0.1) is 12.2 Å². The van der Waals surface area contributed by atoms with Gasteiger partial charge in [-0.3, -0.25) is 0 Å². The number of oxazole rings is 1. The monoisotopic (exact) mass is 244 g/mol. The lowest BCUT2D eigenvalue weighted by Gasteiger charge is -1.99. The third-order valence-electron chi connectivity index (χ3n) is 2.65. The first-order valence-electron chi connectivity index (χ1n) is 5.46. The fourth-order valence-corrected chi connectivity index (χ4v) is 1.67. The Bertz CT molecular complexity index is 686. The molecule has 1 aromatic carbocycles. The van der Waals surface area contributed by atoms with Crippen molar-refractivity contribution >= 4 is 22.8 Å². The van der Waals surface area contributed by atoms with Crippen molar-refractivity contribution in [3.05, 3.63) is 30.4 Å². The molecule has 0 spiro atoms. The average molecular weight is 244 g/mol. The molecule has 18 heavy (non-hydrogen) atoms. The Labute approximate surface area is 103 Å². The van der Waals surface area contributed by atoms with Crippen molar-refractivity contribution in [3.8, 4) is 0 Å². The molecule has 0 aliphatic rings.